The van der Waals surface area contributed by atoms with Crippen molar-refractivity contribution in [3.05, 3.63) is 74.7 Å². The van der Waals surface area contributed by atoms with Crippen molar-refractivity contribution in [2.75, 3.05) is 32.7 Å². The second-order valence-corrected chi connectivity index (χ2v) is 11.0. The van der Waals surface area contributed by atoms with Crippen LogP contribution in [0, 0.1) is 0 Å². The van der Waals surface area contributed by atoms with Crippen molar-refractivity contribution < 1.29 is 9.59 Å². The van der Waals surface area contributed by atoms with E-state index in [0.717, 1.165) is 43.5 Å². The minimum atomic E-state index is -0.346. The molecule has 2 heterocycles. The number of benzene rings is 2. The fraction of sp³-hybridized carbons (Fsp3) is 0.429. The second-order valence-electron chi connectivity index (χ2n) is 9.73. The number of nitrogens with one attached hydrogen (secondary N) is 2. The summed E-state index contributed by atoms with van der Waals surface area (Å²) in [5.74, 6) is -0.108. The van der Waals surface area contributed by atoms with Gasteiger partial charge in [-0.05, 0) is 79.9 Å². The zero-order valence-electron chi connectivity index (χ0n) is 20.8. The van der Waals surface area contributed by atoms with Gasteiger partial charge < -0.3 is 20.4 Å². The molecule has 0 spiro atoms. The van der Waals surface area contributed by atoms with Crippen molar-refractivity contribution >= 4 is 52.7 Å². The number of nitrogens with zero attached hydrogens (tertiary/aromatic N) is 2. The third-order valence-electron chi connectivity index (χ3n) is 6.80. The summed E-state index contributed by atoms with van der Waals surface area (Å²) in [5.41, 5.74) is 1.80. The molecule has 0 saturated carbocycles. The van der Waals surface area contributed by atoms with Crippen molar-refractivity contribution in [3.63, 3.8) is 0 Å². The topological polar surface area (TPSA) is 64.7 Å². The predicted octanol–water partition coefficient (Wildman–Crippen LogP) is 5.02. The first-order valence-electron chi connectivity index (χ1n) is 12.8. The molecular formula is C28H33Cl3N4O2. The Morgan fingerprint density at radius 3 is 2.38 bits per heavy atom. The minimum Gasteiger partial charge on any atom is -0.351 e. The molecular weight excluding hydrogens is 531 g/mol. The molecule has 2 amide bonds. The van der Waals surface area contributed by atoms with Gasteiger partial charge >= 0.3 is 0 Å². The van der Waals surface area contributed by atoms with Gasteiger partial charge in [0, 0.05) is 53.4 Å². The normalized spacial score (nSPS) is 21.3. The van der Waals surface area contributed by atoms with Gasteiger partial charge in [0.15, 0.2) is 0 Å². The SMILES string of the molecule is O=C(/C=C/c1ccc(Cl)cc1)NCC1CCN(Cc2cc(Cl)cc(Cl)c2)C(=O)C(CN2CCCCC2)N1. The van der Waals surface area contributed by atoms with Gasteiger partial charge in [-0.3, -0.25) is 9.59 Å². The number of amides is 2. The highest BCUT2D eigenvalue weighted by Crippen LogP contribution is 2.22. The highest BCUT2D eigenvalue weighted by molar-refractivity contribution is 6.34. The van der Waals surface area contributed by atoms with Gasteiger partial charge in [-0.15, -0.1) is 0 Å². The molecule has 2 fully saturated rings. The summed E-state index contributed by atoms with van der Waals surface area (Å²) < 4.78 is 0. The Labute approximate surface area is 233 Å². The molecule has 2 saturated heterocycles. The average Bonchev–Trinajstić information content (AvgIpc) is 3.01. The predicted molar refractivity (Wildman–Crippen MR) is 151 cm³/mol. The zero-order valence-corrected chi connectivity index (χ0v) is 23.0. The maximum atomic E-state index is 13.6. The Hall–Kier alpha value is -2.09. The summed E-state index contributed by atoms with van der Waals surface area (Å²) in [6.07, 6.45) is 7.55. The summed E-state index contributed by atoms with van der Waals surface area (Å²) in [5, 5.41) is 8.30. The lowest BCUT2D eigenvalue weighted by Crippen LogP contribution is -2.54. The van der Waals surface area contributed by atoms with Crippen LogP contribution in [0.5, 0.6) is 0 Å². The maximum absolute atomic E-state index is 13.6. The molecule has 0 aromatic heterocycles. The number of piperidine rings is 1. The van der Waals surface area contributed by atoms with Crippen molar-refractivity contribution in [1.29, 1.82) is 0 Å². The van der Waals surface area contributed by atoms with Crippen LogP contribution in [0.3, 0.4) is 0 Å². The molecule has 198 valence electrons. The highest BCUT2D eigenvalue weighted by atomic mass is 35.5. The van der Waals surface area contributed by atoms with Crippen LogP contribution in [0.1, 0.15) is 36.8 Å². The lowest BCUT2D eigenvalue weighted by Gasteiger charge is -2.32. The maximum Gasteiger partial charge on any atom is 0.244 e. The van der Waals surface area contributed by atoms with E-state index in [1.807, 2.05) is 29.2 Å². The number of carbonyl (C=O) groups excluding carboxylic acids is 2. The fourth-order valence-electron chi connectivity index (χ4n) is 4.88. The van der Waals surface area contributed by atoms with Gasteiger partial charge in [0.1, 0.15) is 0 Å². The van der Waals surface area contributed by atoms with Crippen molar-refractivity contribution in [2.24, 2.45) is 0 Å². The first-order valence-corrected chi connectivity index (χ1v) is 13.9. The summed E-state index contributed by atoms with van der Waals surface area (Å²) in [6.45, 7) is 4.13. The van der Waals surface area contributed by atoms with Crippen LogP contribution < -0.4 is 10.6 Å². The van der Waals surface area contributed by atoms with Crippen LogP contribution >= 0.6 is 34.8 Å². The van der Waals surface area contributed by atoms with Crippen molar-refractivity contribution in [3.8, 4) is 0 Å². The second kappa shape index (κ2) is 13.6. The number of hydrogen-bond acceptors (Lipinski definition) is 4. The molecule has 2 atom stereocenters. The van der Waals surface area contributed by atoms with Gasteiger partial charge in [0.2, 0.25) is 11.8 Å². The monoisotopic (exact) mass is 562 g/mol. The molecule has 0 bridgehead atoms. The van der Waals surface area contributed by atoms with Gasteiger partial charge in [0.05, 0.1) is 6.04 Å². The Bertz CT molecular complexity index is 1080. The molecule has 2 N–H and O–H groups in total. The van der Waals surface area contributed by atoms with E-state index in [9.17, 15) is 9.59 Å². The van der Waals surface area contributed by atoms with Gasteiger partial charge in [-0.2, -0.15) is 0 Å². The Morgan fingerprint density at radius 1 is 0.973 bits per heavy atom. The van der Waals surface area contributed by atoms with Crippen LogP contribution in [0.2, 0.25) is 15.1 Å². The molecule has 2 unspecified atom stereocenters. The van der Waals surface area contributed by atoms with Crippen LogP contribution in [-0.2, 0) is 16.1 Å². The molecule has 2 aromatic carbocycles. The van der Waals surface area contributed by atoms with E-state index in [-0.39, 0.29) is 23.9 Å². The number of carbonyl (C=O) groups is 2. The van der Waals surface area contributed by atoms with Crippen LogP contribution in [0.25, 0.3) is 6.08 Å². The Kier molecular flexibility index (Phi) is 10.3. The van der Waals surface area contributed by atoms with E-state index in [2.05, 4.69) is 15.5 Å². The first kappa shape index (κ1) is 27.9. The summed E-state index contributed by atoms with van der Waals surface area (Å²) in [7, 11) is 0. The largest absolute Gasteiger partial charge is 0.351 e. The Morgan fingerprint density at radius 2 is 1.68 bits per heavy atom. The average molecular weight is 564 g/mol. The summed E-state index contributed by atoms with van der Waals surface area (Å²) >= 11 is 18.3. The molecule has 9 heteroatoms. The third-order valence-corrected chi connectivity index (χ3v) is 7.49. The lowest BCUT2D eigenvalue weighted by atomic mass is 10.1. The van der Waals surface area contributed by atoms with Crippen LogP contribution in [-0.4, -0.2) is 66.4 Å². The molecule has 0 aliphatic carbocycles. The summed E-state index contributed by atoms with van der Waals surface area (Å²) in [4.78, 5) is 30.4. The fourth-order valence-corrected chi connectivity index (χ4v) is 5.58. The highest BCUT2D eigenvalue weighted by Gasteiger charge is 2.32. The number of likely N-dealkylation sites (tertiary alicyclic amines) is 1. The molecule has 2 aromatic rings. The van der Waals surface area contributed by atoms with Crippen LogP contribution in [0.4, 0.5) is 0 Å². The van der Waals surface area contributed by atoms with Crippen molar-refractivity contribution in [1.82, 2.24) is 20.4 Å². The van der Waals surface area contributed by atoms with Gasteiger partial charge in [-0.1, -0.05) is 53.4 Å². The van der Waals surface area contributed by atoms with E-state index in [1.54, 1.807) is 24.3 Å². The molecule has 2 aliphatic rings. The molecule has 2 aliphatic heterocycles. The van der Waals surface area contributed by atoms with Crippen molar-refractivity contribution in [2.45, 2.75) is 44.3 Å². The minimum absolute atomic E-state index is 0.0282. The molecule has 4 rings (SSSR count). The van der Waals surface area contributed by atoms with E-state index in [4.69, 9.17) is 34.8 Å². The smallest absolute Gasteiger partial charge is 0.244 e. The zero-order chi connectivity index (χ0) is 26.2. The molecule has 37 heavy (non-hydrogen) atoms. The Balaban J connectivity index is 1.40. The quantitative estimate of drug-likeness (QED) is 0.443. The third kappa shape index (κ3) is 8.72. The van der Waals surface area contributed by atoms with Gasteiger partial charge in [-0.25, -0.2) is 0 Å². The first-order chi connectivity index (χ1) is 17.9. The van der Waals surface area contributed by atoms with Crippen LogP contribution in [0.15, 0.2) is 48.5 Å². The summed E-state index contributed by atoms with van der Waals surface area (Å²) in [6, 6.07) is 12.3. The molecule has 0 radical (unpaired) electrons. The standard InChI is InChI=1S/C28H33Cl3N4O2/c29-22-7-4-20(5-8-22)6-9-27(36)32-17-25-10-13-35(18-21-14-23(30)16-24(31)15-21)28(37)26(33-25)19-34-11-2-1-3-12-34/h4-9,14-16,25-26,33H,1-3,10-13,17-19H2,(H,32,36)/b9-6+. The van der Waals surface area contributed by atoms with Gasteiger partial charge in [0.25, 0.3) is 0 Å². The number of hydrogen-bond donors (Lipinski definition) is 2. The van der Waals surface area contributed by atoms with E-state index in [0.29, 0.717) is 41.2 Å². The lowest BCUT2D eigenvalue weighted by molar-refractivity contribution is -0.133. The molecule has 6 nitrogen and oxygen atoms in total. The number of rotatable bonds is 8. The van der Waals surface area contributed by atoms with E-state index >= 15 is 0 Å². The van der Waals surface area contributed by atoms with E-state index in [1.165, 1.54) is 12.5 Å². The van der Waals surface area contributed by atoms with E-state index < -0.39 is 0 Å². The number of halogens is 3.